The molecule has 0 saturated heterocycles. The molecule has 0 spiro atoms. The van der Waals surface area contributed by atoms with Gasteiger partial charge in [-0.05, 0) is 24.5 Å². The van der Waals surface area contributed by atoms with Crippen LogP contribution in [0.4, 0.5) is 0 Å². The summed E-state index contributed by atoms with van der Waals surface area (Å²) < 4.78 is 0. The van der Waals surface area contributed by atoms with Gasteiger partial charge in [-0.1, -0.05) is 30.0 Å². The number of rotatable bonds is 3. The second-order valence-electron chi connectivity index (χ2n) is 3.88. The predicted molar refractivity (Wildman–Crippen MR) is 57.6 cm³/mol. The highest BCUT2D eigenvalue weighted by atomic mass is 16.3. The van der Waals surface area contributed by atoms with Crippen molar-refractivity contribution in [2.45, 2.75) is 19.8 Å². The van der Waals surface area contributed by atoms with Crippen molar-refractivity contribution in [2.24, 2.45) is 0 Å². The summed E-state index contributed by atoms with van der Waals surface area (Å²) in [5, 5.41) is 11.9. The van der Waals surface area contributed by atoms with Crippen LogP contribution in [0.5, 0.6) is 0 Å². The van der Waals surface area contributed by atoms with E-state index in [4.69, 9.17) is 0 Å². The van der Waals surface area contributed by atoms with Gasteiger partial charge >= 0.3 is 0 Å². The highest BCUT2D eigenvalue weighted by Gasteiger charge is 2.23. The molecular weight excluding hydrogens is 204 g/mol. The van der Waals surface area contributed by atoms with E-state index in [0.717, 1.165) is 0 Å². The summed E-state index contributed by atoms with van der Waals surface area (Å²) in [5.41, 5.74) is 1.17. The molecule has 82 valence electrons. The molecule has 1 aromatic carbocycles. The third-order valence-corrected chi connectivity index (χ3v) is 2.69. The van der Waals surface area contributed by atoms with Crippen molar-refractivity contribution in [3.05, 3.63) is 41.0 Å². The highest BCUT2D eigenvalue weighted by Crippen LogP contribution is 2.31. The number of hydrogen-bond donors (Lipinski definition) is 0. The first-order valence-corrected chi connectivity index (χ1v) is 5.15. The summed E-state index contributed by atoms with van der Waals surface area (Å²) in [7, 11) is 0. The lowest BCUT2D eigenvalue weighted by atomic mass is 10.0. The number of ketones is 2. The largest absolute Gasteiger partial charge is 0.872 e. The zero-order valence-electron chi connectivity index (χ0n) is 8.95. The standard InChI is InChI=1S/C13H12O3/c1-8(14)6-7-11-12(15)9-4-2-3-5-10(9)13(11)16/h2-5,15H,6-7H2,1H3/p-1. The Morgan fingerprint density at radius 3 is 2.44 bits per heavy atom. The van der Waals surface area contributed by atoms with Gasteiger partial charge in [-0.15, -0.1) is 0 Å². The fraction of sp³-hybridized carbons (Fsp3) is 0.231. The molecule has 3 nitrogen and oxygen atoms in total. The molecule has 0 aromatic heterocycles. The number of allylic oxidation sites excluding steroid dienone is 1. The van der Waals surface area contributed by atoms with Crippen LogP contribution in [0.25, 0.3) is 5.76 Å². The molecule has 1 aliphatic rings. The van der Waals surface area contributed by atoms with Gasteiger partial charge in [-0.2, -0.15) is 0 Å². The topological polar surface area (TPSA) is 57.2 Å². The van der Waals surface area contributed by atoms with Crippen molar-refractivity contribution in [2.75, 3.05) is 0 Å². The smallest absolute Gasteiger partial charge is 0.189 e. The van der Waals surface area contributed by atoms with E-state index in [-0.39, 0.29) is 35.7 Å². The van der Waals surface area contributed by atoms with Gasteiger partial charge in [0, 0.05) is 12.0 Å². The van der Waals surface area contributed by atoms with Crippen molar-refractivity contribution >= 4 is 17.3 Å². The number of hydrogen-bond acceptors (Lipinski definition) is 3. The molecule has 0 unspecified atom stereocenters. The van der Waals surface area contributed by atoms with Gasteiger partial charge in [-0.25, -0.2) is 0 Å². The normalized spacial score (nSPS) is 14.2. The van der Waals surface area contributed by atoms with E-state index in [2.05, 4.69) is 0 Å². The molecular formula is C13H11O3-. The molecule has 0 atom stereocenters. The van der Waals surface area contributed by atoms with Crippen molar-refractivity contribution in [3.8, 4) is 0 Å². The number of Topliss-reactive ketones (excluding diaryl/α,β-unsaturated/α-hetero) is 2. The van der Waals surface area contributed by atoms with Crippen LogP contribution in [0, 0.1) is 0 Å². The summed E-state index contributed by atoms with van der Waals surface area (Å²) in [4.78, 5) is 22.7. The minimum atomic E-state index is -0.221. The van der Waals surface area contributed by atoms with Gasteiger partial charge in [0.1, 0.15) is 5.78 Å². The molecule has 1 aromatic rings. The van der Waals surface area contributed by atoms with Gasteiger partial charge in [0.2, 0.25) is 0 Å². The molecule has 0 saturated carbocycles. The van der Waals surface area contributed by atoms with Crippen molar-refractivity contribution < 1.29 is 14.7 Å². The second kappa shape index (κ2) is 3.93. The Kier molecular flexibility index (Phi) is 2.60. The minimum Gasteiger partial charge on any atom is -0.872 e. The molecule has 1 aliphatic carbocycles. The SMILES string of the molecule is CC(=O)CCC1=C([O-])c2ccccc2C1=O. The van der Waals surface area contributed by atoms with Gasteiger partial charge in [0.15, 0.2) is 5.78 Å². The molecule has 2 rings (SSSR count). The average Bonchev–Trinajstić information content (AvgIpc) is 2.50. The number of benzene rings is 1. The molecule has 0 radical (unpaired) electrons. The maximum Gasteiger partial charge on any atom is 0.189 e. The minimum absolute atomic E-state index is 0.0101. The Labute approximate surface area is 93.4 Å². The zero-order valence-corrected chi connectivity index (χ0v) is 8.95. The van der Waals surface area contributed by atoms with Crippen molar-refractivity contribution in [1.82, 2.24) is 0 Å². The van der Waals surface area contributed by atoms with Gasteiger partial charge in [0.25, 0.3) is 0 Å². The van der Waals surface area contributed by atoms with Crippen LogP contribution >= 0.6 is 0 Å². The van der Waals surface area contributed by atoms with Crippen LogP contribution in [-0.4, -0.2) is 11.6 Å². The monoisotopic (exact) mass is 215 g/mol. The summed E-state index contributed by atoms with van der Waals surface area (Å²) in [6.45, 7) is 1.46. The fourth-order valence-corrected chi connectivity index (χ4v) is 1.84. The van der Waals surface area contributed by atoms with E-state index in [0.29, 0.717) is 11.1 Å². The van der Waals surface area contributed by atoms with Crippen LogP contribution in [0.1, 0.15) is 35.7 Å². The number of carbonyl (C=O) groups is 2. The molecule has 0 bridgehead atoms. The van der Waals surface area contributed by atoms with Gasteiger partial charge in [0.05, 0.1) is 0 Å². The van der Waals surface area contributed by atoms with Crippen LogP contribution in [0.2, 0.25) is 0 Å². The summed E-state index contributed by atoms with van der Waals surface area (Å²) in [6, 6.07) is 6.77. The van der Waals surface area contributed by atoms with Crippen molar-refractivity contribution in [3.63, 3.8) is 0 Å². The lowest BCUT2D eigenvalue weighted by Gasteiger charge is -2.10. The molecule has 16 heavy (non-hydrogen) atoms. The zero-order chi connectivity index (χ0) is 11.7. The maximum absolute atomic E-state index is 11.9. The summed E-state index contributed by atoms with van der Waals surface area (Å²) in [5.74, 6) is -0.451. The van der Waals surface area contributed by atoms with E-state index in [1.54, 1.807) is 24.3 Å². The quantitative estimate of drug-likeness (QED) is 0.764. The average molecular weight is 215 g/mol. The highest BCUT2D eigenvalue weighted by molar-refractivity contribution is 6.19. The number of carbonyl (C=O) groups excluding carboxylic acids is 2. The third-order valence-electron chi connectivity index (χ3n) is 2.69. The van der Waals surface area contributed by atoms with Gasteiger partial charge in [-0.3, -0.25) is 4.79 Å². The molecule has 0 heterocycles. The van der Waals surface area contributed by atoms with E-state index in [1.165, 1.54) is 6.92 Å². The Morgan fingerprint density at radius 1 is 1.25 bits per heavy atom. The Bertz CT molecular complexity index is 498. The summed E-state index contributed by atoms with van der Waals surface area (Å²) in [6.07, 6.45) is 0.502. The Balaban J connectivity index is 2.33. The first kappa shape index (κ1) is 10.6. The van der Waals surface area contributed by atoms with Crippen LogP contribution in [0.3, 0.4) is 0 Å². The van der Waals surface area contributed by atoms with E-state index in [9.17, 15) is 14.7 Å². The van der Waals surface area contributed by atoms with Crippen LogP contribution in [0.15, 0.2) is 29.8 Å². The first-order valence-electron chi connectivity index (χ1n) is 5.15. The van der Waals surface area contributed by atoms with E-state index >= 15 is 0 Å². The van der Waals surface area contributed by atoms with Crippen LogP contribution < -0.4 is 5.11 Å². The molecule has 0 aliphatic heterocycles. The third kappa shape index (κ3) is 1.65. The van der Waals surface area contributed by atoms with E-state index < -0.39 is 0 Å². The maximum atomic E-state index is 11.9. The molecule has 3 heteroatoms. The number of fused-ring (bicyclic) bond motifs is 1. The first-order chi connectivity index (χ1) is 7.61. The summed E-state index contributed by atoms with van der Waals surface area (Å²) >= 11 is 0. The van der Waals surface area contributed by atoms with E-state index in [1.807, 2.05) is 0 Å². The lowest BCUT2D eigenvalue weighted by molar-refractivity contribution is -0.244. The Morgan fingerprint density at radius 2 is 1.88 bits per heavy atom. The molecule has 0 N–H and O–H groups in total. The second-order valence-corrected chi connectivity index (χ2v) is 3.88. The van der Waals surface area contributed by atoms with Gasteiger partial charge < -0.3 is 9.90 Å². The van der Waals surface area contributed by atoms with Crippen molar-refractivity contribution in [1.29, 1.82) is 0 Å². The fourth-order valence-electron chi connectivity index (χ4n) is 1.84. The Hall–Kier alpha value is -1.90. The molecule has 0 amide bonds. The lowest BCUT2D eigenvalue weighted by Crippen LogP contribution is -2.05. The van der Waals surface area contributed by atoms with Crippen LogP contribution in [-0.2, 0) is 4.79 Å². The molecule has 0 fully saturated rings. The predicted octanol–water partition coefficient (Wildman–Crippen LogP) is 1.32.